The Balaban J connectivity index is 2.73. The molecule has 0 aliphatic rings. The van der Waals surface area contributed by atoms with Crippen LogP contribution >= 0.6 is 11.6 Å². The summed E-state index contributed by atoms with van der Waals surface area (Å²) < 4.78 is 0. The quantitative estimate of drug-likeness (QED) is 0.782. The highest BCUT2D eigenvalue weighted by Crippen LogP contribution is 2.21. The van der Waals surface area contributed by atoms with Gasteiger partial charge in [0.15, 0.2) is 0 Å². The lowest BCUT2D eigenvalue weighted by atomic mass is 9.97. The van der Waals surface area contributed by atoms with Gasteiger partial charge in [-0.1, -0.05) is 17.7 Å². The van der Waals surface area contributed by atoms with Gasteiger partial charge in [0.05, 0.1) is 6.07 Å². The molecule has 1 aromatic carbocycles. The molecule has 0 saturated carbocycles. The Hall–Kier alpha value is -1.46. The van der Waals surface area contributed by atoms with E-state index in [0.29, 0.717) is 5.02 Å². The summed E-state index contributed by atoms with van der Waals surface area (Å²) >= 11 is 5.79. The van der Waals surface area contributed by atoms with Crippen LogP contribution in [0.4, 0.5) is 5.69 Å². The minimum atomic E-state index is -0.567. The summed E-state index contributed by atoms with van der Waals surface area (Å²) in [6.45, 7) is 5.54. The van der Waals surface area contributed by atoms with Crippen LogP contribution in [0.25, 0.3) is 0 Å². The van der Waals surface area contributed by atoms with E-state index in [9.17, 15) is 0 Å². The molecule has 0 amide bonds. The molecule has 0 bridgehead atoms. The third kappa shape index (κ3) is 3.60. The zero-order chi connectivity index (χ0) is 12.0. The van der Waals surface area contributed by atoms with Gasteiger partial charge in [-0.05, 0) is 44.0 Å². The van der Waals surface area contributed by atoms with Crippen molar-refractivity contribution < 1.29 is 0 Å². The molecule has 0 aromatic heterocycles. The van der Waals surface area contributed by atoms with E-state index in [1.165, 1.54) is 0 Å². The summed E-state index contributed by atoms with van der Waals surface area (Å²) in [5, 5.41) is 13.0. The van der Waals surface area contributed by atoms with Crippen LogP contribution in [-0.4, -0.2) is 5.54 Å². The summed E-state index contributed by atoms with van der Waals surface area (Å²) in [5.41, 5.74) is 0.333. The summed E-state index contributed by atoms with van der Waals surface area (Å²) in [6.07, 6.45) is 3.36. The first-order valence-electron chi connectivity index (χ1n) is 5.15. The number of allylic oxidation sites excluding steroid dienone is 1. The molecule has 0 radical (unpaired) electrons. The standard InChI is InChI=1S/C13H15ClN2/c1-3-4-9-13(2,10-15)16-12-7-5-11(14)6-8-12/h3,5-8,16H,1,4,9H2,2H3. The Kier molecular flexibility index (Phi) is 4.39. The van der Waals surface area contributed by atoms with E-state index in [2.05, 4.69) is 18.0 Å². The van der Waals surface area contributed by atoms with Crippen molar-refractivity contribution in [1.82, 2.24) is 0 Å². The normalized spacial score (nSPS) is 13.6. The van der Waals surface area contributed by atoms with E-state index < -0.39 is 5.54 Å². The fourth-order valence-electron chi connectivity index (χ4n) is 1.39. The van der Waals surface area contributed by atoms with Gasteiger partial charge >= 0.3 is 0 Å². The van der Waals surface area contributed by atoms with E-state index >= 15 is 0 Å². The van der Waals surface area contributed by atoms with Crippen molar-refractivity contribution in [2.75, 3.05) is 5.32 Å². The van der Waals surface area contributed by atoms with Gasteiger partial charge in [-0.3, -0.25) is 0 Å². The largest absolute Gasteiger partial charge is 0.368 e. The summed E-state index contributed by atoms with van der Waals surface area (Å²) in [6, 6.07) is 9.62. The third-order valence-corrected chi connectivity index (χ3v) is 2.61. The fraction of sp³-hybridized carbons (Fsp3) is 0.308. The second-order valence-electron chi connectivity index (χ2n) is 3.90. The number of benzene rings is 1. The highest BCUT2D eigenvalue weighted by Gasteiger charge is 2.22. The van der Waals surface area contributed by atoms with E-state index in [-0.39, 0.29) is 0 Å². The van der Waals surface area contributed by atoms with Gasteiger partial charge in [-0.2, -0.15) is 5.26 Å². The zero-order valence-corrected chi connectivity index (χ0v) is 10.1. The first-order chi connectivity index (χ1) is 7.59. The molecule has 0 aliphatic carbocycles. The Morgan fingerprint density at radius 2 is 2.12 bits per heavy atom. The number of halogens is 1. The molecule has 0 fully saturated rings. The van der Waals surface area contributed by atoms with Crippen LogP contribution in [0.5, 0.6) is 0 Å². The summed E-state index contributed by atoms with van der Waals surface area (Å²) in [5.74, 6) is 0. The first kappa shape index (κ1) is 12.6. The van der Waals surface area contributed by atoms with Crippen molar-refractivity contribution in [2.24, 2.45) is 0 Å². The Bertz CT molecular complexity index is 391. The molecule has 0 saturated heterocycles. The number of anilines is 1. The Morgan fingerprint density at radius 1 is 1.50 bits per heavy atom. The third-order valence-electron chi connectivity index (χ3n) is 2.36. The van der Waals surface area contributed by atoms with Crippen LogP contribution in [0.1, 0.15) is 19.8 Å². The monoisotopic (exact) mass is 234 g/mol. The Morgan fingerprint density at radius 3 is 2.62 bits per heavy atom. The molecule has 1 N–H and O–H groups in total. The van der Waals surface area contributed by atoms with E-state index in [4.69, 9.17) is 16.9 Å². The molecule has 0 spiro atoms. The van der Waals surface area contributed by atoms with Crippen molar-refractivity contribution in [1.29, 1.82) is 5.26 Å². The molecule has 1 atom stereocenters. The SMILES string of the molecule is C=CCCC(C)(C#N)Nc1ccc(Cl)cc1. The van der Waals surface area contributed by atoms with Crippen LogP contribution < -0.4 is 5.32 Å². The van der Waals surface area contributed by atoms with Crippen molar-refractivity contribution in [2.45, 2.75) is 25.3 Å². The average Bonchev–Trinajstić information content (AvgIpc) is 2.30. The lowest BCUT2D eigenvalue weighted by Gasteiger charge is -2.24. The van der Waals surface area contributed by atoms with Gasteiger partial charge < -0.3 is 5.32 Å². The van der Waals surface area contributed by atoms with Gasteiger partial charge in [-0.15, -0.1) is 6.58 Å². The number of rotatable bonds is 5. The first-order valence-corrected chi connectivity index (χ1v) is 5.53. The second kappa shape index (κ2) is 5.58. The predicted molar refractivity (Wildman–Crippen MR) is 68.5 cm³/mol. The maximum atomic E-state index is 9.15. The smallest absolute Gasteiger partial charge is 0.122 e. The molecule has 1 rings (SSSR count). The molecular formula is C13H15ClN2. The topological polar surface area (TPSA) is 35.8 Å². The number of hydrogen-bond acceptors (Lipinski definition) is 2. The molecule has 3 heteroatoms. The predicted octanol–water partition coefficient (Wildman–Crippen LogP) is 4.00. The minimum absolute atomic E-state index is 0.567. The van der Waals surface area contributed by atoms with Crippen molar-refractivity contribution in [3.8, 4) is 6.07 Å². The average molecular weight is 235 g/mol. The lowest BCUT2D eigenvalue weighted by molar-refractivity contribution is 0.596. The van der Waals surface area contributed by atoms with Crippen molar-refractivity contribution in [3.63, 3.8) is 0 Å². The maximum absolute atomic E-state index is 9.15. The minimum Gasteiger partial charge on any atom is -0.368 e. The van der Waals surface area contributed by atoms with Gasteiger partial charge in [-0.25, -0.2) is 0 Å². The Labute approximate surface area is 102 Å². The van der Waals surface area contributed by atoms with Crippen LogP contribution in [0, 0.1) is 11.3 Å². The molecule has 1 aromatic rings. The number of hydrogen-bond donors (Lipinski definition) is 1. The lowest BCUT2D eigenvalue weighted by Crippen LogP contribution is -2.32. The molecule has 16 heavy (non-hydrogen) atoms. The fourth-order valence-corrected chi connectivity index (χ4v) is 1.51. The highest BCUT2D eigenvalue weighted by atomic mass is 35.5. The second-order valence-corrected chi connectivity index (χ2v) is 4.34. The van der Waals surface area contributed by atoms with E-state index in [0.717, 1.165) is 18.5 Å². The van der Waals surface area contributed by atoms with Crippen LogP contribution in [0.15, 0.2) is 36.9 Å². The van der Waals surface area contributed by atoms with Crippen LogP contribution in [-0.2, 0) is 0 Å². The molecule has 0 aliphatic heterocycles. The van der Waals surface area contributed by atoms with Crippen LogP contribution in [0.2, 0.25) is 5.02 Å². The summed E-state index contributed by atoms with van der Waals surface area (Å²) in [4.78, 5) is 0. The summed E-state index contributed by atoms with van der Waals surface area (Å²) in [7, 11) is 0. The van der Waals surface area contributed by atoms with Crippen molar-refractivity contribution in [3.05, 3.63) is 41.9 Å². The molecule has 84 valence electrons. The molecular weight excluding hydrogens is 220 g/mol. The van der Waals surface area contributed by atoms with Gasteiger partial charge in [0.1, 0.15) is 5.54 Å². The van der Waals surface area contributed by atoms with Crippen LogP contribution in [0.3, 0.4) is 0 Å². The molecule has 1 unspecified atom stereocenters. The van der Waals surface area contributed by atoms with Gasteiger partial charge in [0.25, 0.3) is 0 Å². The van der Waals surface area contributed by atoms with Gasteiger partial charge in [0.2, 0.25) is 0 Å². The van der Waals surface area contributed by atoms with Gasteiger partial charge in [0, 0.05) is 10.7 Å². The highest BCUT2D eigenvalue weighted by molar-refractivity contribution is 6.30. The van der Waals surface area contributed by atoms with E-state index in [1.807, 2.05) is 25.1 Å². The number of nitrogens with one attached hydrogen (secondary N) is 1. The molecule has 0 heterocycles. The van der Waals surface area contributed by atoms with E-state index in [1.54, 1.807) is 12.1 Å². The van der Waals surface area contributed by atoms with Crippen molar-refractivity contribution >= 4 is 17.3 Å². The maximum Gasteiger partial charge on any atom is 0.122 e. The number of nitrogens with zero attached hydrogens (tertiary/aromatic N) is 1. The number of nitriles is 1. The zero-order valence-electron chi connectivity index (χ0n) is 9.33. The molecule has 2 nitrogen and oxygen atoms in total.